The van der Waals surface area contributed by atoms with Gasteiger partial charge in [0.2, 0.25) is 0 Å². The summed E-state index contributed by atoms with van der Waals surface area (Å²) in [7, 11) is 0. The van der Waals surface area contributed by atoms with E-state index in [4.69, 9.17) is 0 Å². The van der Waals surface area contributed by atoms with Gasteiger partial charge in [0.1, 0.15) is 0 Å². The van der Waals surface area contributed by atoms with Gasteiger partial charge in [-0.1, -0.05) is 27.2 Å². The van der Waals surface area contributed by atoms with Crippen LogP contribution < -0.4 is 5.32 Å². The van der Waals surface area contributed by atoms with Gasteiger partial charge in [-0.25, -0.2) is 0 Å². The lowest BCUT2D eigenvalue weighted by Gasteiger charge is -2.41. The van der Waals surface area contributed by atoms with Gasteiger partial charge in [0.15, 0.2) is 0 Å². The fourth-order valence-electron chi connectivity index (χ4n) is 4.18. The Morgan fingerprint density at radius 2 is 1.53 bits per heavy atom. The third kappa shape index (κ3) is 4.19. The summed E-state index contributed by atoms with van der Waals surface area (Å²) in [5, 5.41) is 3.66. The molecule has 19 heavy (non-hydrogen) atoms. The molecule has 2 aliphatic rings. The first-order chi connectivity index (χ1) is 8.86. The average Bonchev–Trinajstić information content (AvgIpc) is 2.52. The summed E-state index contributed by atoms with van der Waals surface area (Å²) in [6.07, 6.45) is 7.14. The highest BCUT2D eigenvalue weighted by atomic mass is 15.2. The predicted octanol–water partition coefficient (Wildman–Crippen LogP) is 3.66. The lowest BCUT2D eigenvalue weighted by Crippen LogP contribution is -2.56. The summed E-state index contributed by atoms with van der Waals surface area (Å²) < 4.78 is 0. The van der Waals surface area contributed by atoms with Gasteiger partial charge in [-0.2, -0.15) is 0 Å². The van der Waals surface area contributed by atoms with Crippen LogP contribution >= 0.6 is 0 Å². The van der Waals surface area contributed by atoms with Crippen LogP contribution in [0, 0.1) is 11.3 Å². The second-order valence-electron chi connectivity index (χ2n) is 8.15. The van der Waals surface area contributed by atoms with E-state index in [9.17, 15) is 0 Å². The molecular weight excluding hydrogens is 232 g/mol. The van der Waals surface area contributed by atoms with E-state index in [0.29, 0.717) is 17.5 Å². The van der Waals surface area contributed by atoms with Gasteiger partial charge in [0.25, 0.3) is 0 Å². The first-order valence-corrected chi connectivity index (χ1v) is 8.36. The second-order valence-corrected chi connectivity index (χ2v) is 8.15. The summed E-state index contributed by atoms with van der Waals surface area (Å²) in [6, 6.07) is 2.16. The van der Waals surface area contributed by atoms with E-state index in [1.54, 1.807) is 0 Å². The first kappa shape index (κ1) is 15.3. The molecular formula is C17H34N2. The zero-order chi connectivity index (χ0) is 14.0. The molecule has 1 saturated heterocycles. The van der Waals surface area contributed by atoms with Crippen LogP contribution in [0.4, 0.5) is 0 Å². The summed E-state index contributed by atoms with van der Waals surface area (Å²) in [5.41, 5.74) is 0.499. The van der Waals surface area contributed by atoms with E-state index in [0.717, 1.165) is 12.0 Å². The average molecular weight is 266 g/mol. The Kier molecular flexibility index (Phi) is 4.94. The molecule has 112 valence electrons. The van der Waals surface area contributed by atoms with E-state index in [1.165, 1.54) is 45.2 Å². The van der Waals surface area contributed by atoms with E-state index < -0.39 is 0 Å². The van der Waals surface area contributed by atoms with E-state index in [-0.39, 0.29) is 0 Å². The van der Waals surface area contributed by atoms with Gasteiger partial charge in [-0.3, -0.25) is 4.90 Å². The fraction of sp³-hybridized carbons (Fsp3) is 1.00. The third-order valence-corrected chi connectivity index (χ3v) is 5.27. The smallest absolute Gasteiger partial charge is 0.0169 e. The minimum Gasteiger partial charge on any atom is -0.309 e. The van der Waals surface area contributed by atoms with Gasteiger partial charge in [-0.15, -0.1) is 0 Å². The van der Waals surface area contributed by atoms with Crippen LogP contribution in [-0.2, 0) is 0 Å². The van der Waals surface area contributed by atoms with Crippen LogP contribution in [0.15, 0.2) is 0 Å². The summed E-state index contributed by atoms with van der Waals surface area (Å²) in [6.45, 7) is 14.4. The van der Waals surface area contributed by atoms with E-state index >= 15 is 0 Å². The van der Waals surface area contributed by atoms with Gasteiger partial charge >= 0.3 is 0 Å². The Labute approximate surface area is 120 Å². The first-order valence-electron chi connectivity index (χ1n) is 8.36. The monoisotopic (exact) mass is 266 g/mol. The van der Waals surface area contributed by atoms with Crippen molar-refractivity contribution in [1.29, 1.82) is 0 Å². The van der Waals surface area contributed by atoms with Crippen molar-refractivity contribution in [1.82, 2.24) is 10.2 Å². The van der Waals surface area contributed by atoms with Crippen molar-refractivity contribution in [2.45, 2.75) is 84.8 Å². The Morgan fingerprint density at radius 3 is 2.11 bits per heavy atom. The number of piperazine rings is 1. The number of rotatable bonds is 1. The number of hydrogen-bond donors (Lipinski definition) is 1. The summed E-state index contributed by atoms with van der Waals surface area (Å²) in [5.74, 6) is 0.926. The van der Waals surface area contributed by atoms with E-state index in [1.807, 2.05) is 0 Å². The predicted molar refractivity (Wildman–Crippen MR) is 83.5 cm³/mol. The lowest BCUT2D eigenvalue weighted by atomic mass is 9.76. The molecule has 4 atom stereocenters. The van der Waals surface area contributed by atoms with Gasteiger partial charge in [-0.05, 0) is 50.9 Å². The highest BCUT2D eigenvalue weighted by molar-refractivity contribution is 4.88. The molecule has 1 saturated carbocycles. The maximum atomic E-state index is 3.66. The van der Waals surface area contributed by atoms with Gasteiger partial charge in [0, 0.05) is 31.2 Å². The van der Waals surface area contributed by atoms with Crippen molar-refractivity contribution in [3.8, 4) is 0 Å². The molecule has 0 bridgehead atoms. The highest BCUT2D eigenvalue weighted by Crippen LogP contribution is 2.37. The minimum absolute atomic E-state index is 0.499. The molecule has 1 aliphatic heterocycles. The molecule has 2 rings (SSSR count). The molecule has 2 nitrogen and oxygen atoms in total. The Balaban J connectivity index is 1.92. The number of nitrogens with one attached hydrogen (secondary N) is 1. The standard InChI is InChI=1S/C17H34N2/c1-13-11-19(12-14(2)18-13)16-8-6-7-15(9-10-16)17(3,4)5/h13-16,18H,6-12H2,1-5H3. The van der Waals surface area contributed by atoms with Gasteiger partial charge in [0.05, 0.1) is 0 Å². The molecule has 0 aromatic rings. The molecule has 1 heterocycles. The molecule has 1 N–H and O–H groups in total. The van der Waals surface area contributed by atoms with Gasteiger partial charge < -0.3 is 5.32 Å². The molecule has 4 unspecified atom stereocenters. The van der Waals surface area contributed by atoms with E-state index in [2.05, 4.69) is 44.8 Å². The Morgan fingerprint density at radius 1 is 0.895 bits per heavy atom. The Bertz CT molecular complexity index is 271. The zero-order valence-corrected chi connectivity index (χ0v) is 13.7. The van der Waals surface area contributed by atoms with Crippen molar-refractivity contribution in [2.75, 3.05) is 13.1 Å². The van der Waals surface area contributed by atoms with Crippen LogP contribution in [0.2, 0.25) is 0 Å². The van der Waals surface area contributed by atoms with Crippen molar-refractivity contribution in [3.63, 3.8) is 0 Å². The maximum absolute atomic E-state index is 3.66. The van der Waals surface area contributed by atoms with Crippen molar-refractivity contribution in [3.05, 3.63) is 0 Å². The molecule has 1 aliphatic carbocycles. The van der Waals surface area contributed by atoms with Crippen molar-refractivity contribution >= 4 is 0 Å². The molecule has 0 radical (unpaired) electrons. The molecule has 0 aromatic heterocycles. The molecule has 0 aromatic carbocycles. The summed E-state index contributed by atoms with van der Waals surface area (Å²) >= 11 is 0. The largest absolute Gasteiger partial charge is 0.309 e. The molecule has 0 spiro atoms. The quantitative estimate of drug-likeness (QED) is 0.729. The molecule has 0 amide bonds. The highest BCUT2D eigenvalue weighted by Gasteiger charge is 2.32. The molecule has 2 heteroatoms. The normalized spacial score (nSPS) is 39.0. The van der Waals surface area contributed by atoms with Crippen molar-refractivity contribution in [2.24, 2.45) is 11.3 Å². The Hall–Kier alpha value is -0.0800. The van der Waals surface area contributed by atoms with Crippen LogP contribution in [-0.4, -0.2) is 36.1 Å². The fourth-order valence-corrected chi connectivity index (χ4v) is 4.18. The minimum atomic E-state index is 0.499. The summed E-state index contributed by atoms with van der Waals surface area (Å²) in [4.78, 5) is 2.77. The van der Waals surface area contributed by atoms with Crippen molar-refractivity contribution < 1.29 is 0 Å². The number of nitrogens with zero attached hydrogens (tertiary/aromatic N) is 1. The third-order valence-electron chi connectivity index (χ3n) is 5.27. The van der Waals surface area contributed by atoms with Crippen LogP contribution in [0.5, 0.6) is 0 Å². The maximum Gasteiger partial charge on any atom is 0.0169 e. The second kappa shape index (κ2) is 6.13. The van der Waals surface area contributed by atoms with Crippen LogP contribution in [0.3, 0.4) is 0 Å². The van der Waals surface area contributed by atoms with Crippen LogP contribution in [0.1, 0.15) is 66.7 Å². The number of hydrogen-bond acceptors (Lipinski definition) is 2. The SMILES string of the molecule is CC1CN(C2CCCC(C(C)(C)C)CC2)CC(C)N1. The topological polar surface area (TPSA) is 15.3 Å². The zero-order valence-electron chi connectivity index (χ0n) is 13.7. The lowest BCUT2D eigenvalue weighted by molar-refractivity contribution is 0.110. The molecule has 2 fully saturated rings. The van der Waals surface area contributed by atoms with Crippen LogP contribution in [0.25, 0.3) is 0 Å².